The van der Waals surface area contributed by atoms with Crippen molar-refractivity contribution in [2.45, 2.75) is 25.0 Å². The van der Waals surface area contributed by atoms with Crippen molar-refractivity contribution in [2.24, 2.45) is 0 Å². The smallest absolute Gasteiger partial charge is 0.227 e. The molecule has 0 bridgehead atoms. The van der Waals surface area contributed by atoms with Gasteiger partial charge < -0.3 is 24.4 Å². The Labute approximate surface area is 198 Å². The third-order valence-corrected chi connectivity index (χ3v) is 6.04. The molecule has 1 aromatic carbocycles. The van der Waals surface area contributed by atoms with Crippen LogP contribution in [0.1, 0.15) is 18.4 Å². The van der Waals surface area contributed by atoms with Crippen LogP contribution < -0.4 is 15.0 Å². The standard InChI is InChI=1S/C25H26N6O3/c1-32-22-15-31(16-22)20-11-19(13-27-14-20)29-25-28-7-4-23(30-25)17-2-3-24(18(10-17)12-26)34-21-5-8-33-9-6-21/h2-4,7,10-11,13-14,21-22H,5-6,8-9,15-16H2,1H3,(H,28,29,30). The number of anilines is 3. The molecule has 174 valence electrons. The van der Waals surface area contributed by atoms with Gasteiger partial charge in [-0.1, -0.05) is 0 Å². The molecule has 0 spiro atoms. The van der Waals surface area contributed by atoms with Crippen LogP contribution in [0.15, 0.2) is 48.9 Å². The summed E-state index contributed by atoms with van der Waals surface area (Å²) in [4.78, 5) is 15.5. The third-order valence-electron chi connectivity index (χ3n) is 6.04. The van der Waals surface area contributed by atoms with Gasteiger partial charge in [-0.2, -0.15) is 5.26 Å². The number of rotatable bonds is 7. The van der Waals surface area contributed by atoms with Crippen LogP contribution in [-0.2, 0) is 9.47 Å². The minimum atomic E-state index is 0.0718. The molecule has 9 nitrogen and oxygen atoms in total. The maximum atomic E-state index is 9.68. The van der Waals surface area contributed by atoms with Gasteiger partial charge in [-0.05, 0) is 30.3 Å². The van der Waals surface area contributed by atoms with Gasteiger partial charge in [0.05, 0.1) is 54.3 Å². The van der Waals surface area contributed by atoms with Crippen LogP contribution in [0.25, 0.3) is 11.3 Å². The maximum Gasteiger partial charge on any atom is 0.227 e. The largest absolute Gasteiger partial charge is 0.489 e. The first-order valence-corrected chi connectivity index (χ1v) is 11.3. The summed E-state index contributed by atoms with van der Waals surface area (Å²) in [5, 5.41) is 12.9. The van der Waals surface area contributed by atoms with Crippen LogP contribution in [-0.4, -0.2) is 60.6 Å². The summed E-state index contributed by atoms with van der Waals surface area (Å²) in [5.74, 6) is 1.05. The number of nitrogens with zero attached hydrogens (tertiary/aromatic N) is 5. The molecule has 0 radical (unpaired) electrons. The van der Waals surface area contributed by atoms with Gasteiger partial charge in [0.2, 0.25) is 5.95 Å². The molecule has 5 rings (SSSR count). The number of methoxy groups -OCH3 is 1. The lowest BCUT2D eigenvalue weighted by molar-refractivity contribution is 0.0254. The Kier molecular flexibility index (Phi) is 6.51. The van der Waals surface area contributed by atoms with E-state index in [-0.39, 0.29) is 12.2 Å². The molecule has 2 fully saturated rings. The zero-order chi connectivity index (χ0) is 23.3. The summed E-state index contributed by atoms with van der Waals surface area (Å²) < 4.78 is 16.8. The van der Waals surface area contributed by atoms with Crippen LogP contribution in [0.3, 0.4) is 0 Å². The number of aromatic nitrogens is 3. The van der Waals surface area contributed by atoms with E-state index >= 15 is 0 Å². The van der Waals surface area contributed by atoms with Crippen LogP contribution >= 0.6 is 0 Å². The fraction of sp³-hybridized carbons (Fsp3) is 0.360. The summed E-state index contributed by atoms with van der Waals surface area (Å²) in [6.45, 7) is 3.07. The first kappa shape index (κ1) is 22.1. The van der Waals surface area contributed by atoms with Gasteiger partial charge >= 0.3 is 0 Å². The van der Waals surface area contributed by atoms with Crippen molar-refractivity contribution in [1.29, 1.82) is 5.26 Å². The van der Waals surface area contributed by atoms with Crippen LogP contribution in [0, 0.1) is 11.3 Å². The Bertz CT molecular complexity index is 1190. The fourth-order valence-corrected chi connectivity index (χ4v) is 4.03. The van der Waals surface area contributed by atoms with Crippen molar-refractivity contribution >= 4 is 17.3 Å². The minimum Gasteiger partial charge on any atom is -0.489 e. The maximum absolute atomic E-state index is 9.68. The fourth-order valence-electron chi connectivity index (χ4n) is 4.03. The second-order valence-corrected chi connectivity index (χ2v) is 8.34. The molecule has 9 heteroatoms. The normalized spacial score (nSPS) is 16.5. The number of ether oxygens (including phenoxy) is 3. The van der Waals surface area contributed by atoms with Crippen LogP contribution in [0.2, 0.25) is 0 Å². The monoisotopic (exact) mass is 458 g/mol. The first-order valence-electron chi connectivity index (χ1n) is 11.3. The molecular weight excluding hydrogens is 432 g/mol. The van der Waals surface area contributed by atoms with Crippen molar-refractivity contribution in [3.05, 3.63) is 54.5 Å². The Morgan fingerprint density at radius 2 is 1.97 bits per heavy atom. The van der Waals surface area contributed by atoms with E-state index in [1.807, 2.05) is 30.5 Å². The van der Waals surface area contributed by atoms with E-state index in [0.29, 0.717) is 36.2 Å². The highest BCUT2D eigenvalue weighted by Gasteiger charge is 2.26. The van der Waals surface area contributed by atoms with E-state index in [1.165, 1.54) is 0 Å². The Hall–Kier alpha value is -3.74. The highest BCUT2D eigenvalue weighted by molar-refractivity contribution is 5.66. The molecule has 2 aromatic heterocycles. The lowest BCUT2D eigenvalue weighted by Gasteiger charge is -2.39. The highest BCUT2D eigenvalue weighted by Crippen LogP contribution is 2.29. The molecule has 2 aliphatic rings. The average molecular weight is 459 g/mol. The average Bonchev–Trinajstić information content (AvgIpc) is 2.85. The van der Waals surface area contributed by atoms with Crippen LogP contribution in [0.5, 0.6) is 5.75 Å². The SMILES string of the molecule is COC1CN(c2cncc(Nc3nccc(-c4ccc(OC5CCOCC5)c(C#N)c4)n3)c2)C1. The third kappa shape index (κ3) is 4.93. The quantitative estimate of drug-likeness (QED) is 0.569. The van der Waals surface area contributed by atoms with Crippen molar-refractivity contribution < 1.29 is 14.2 Å². The number of hydrogen-bond acceptors (Lipinski definition) is 9. The number of benzene rings is 1. The Morgan fingerprint density at radius 1 is 1.12 bits per heavy atom. The van der Waals surface area contributed by atoms with E-state index in [9.17, 15) is 5.26 Å². The highest BCUT2D eigenvalue weighted by atomic mass is 16.5. The number of nitriles is 1. The van der Waals surface area contributed by atoms with E-state index in [2.05, 4.69) is 31.2 Å². The molecule has 0 atom stereocenters. The molecule has 34 heavy (non-hydrogen) atoms. The Balaban J connectivity index is 1.31. The topological polar surface area (TPSA) is 105 Å². The summed E-state index contributed by atoms with van der Waals surface area (Å²) in [6.07, 6.45) is 7.26. The molecule has 1 N–H and O–H groups in total. The molecule has 0 unspecified atom stereocenters. The van der Waals surface area contributed by atoms with Gasteiger partial charge in [0.25, 0.3) is 0 Å². The molecule has 0 saturated carbocycles. The number of hydrogen-bond donors (Lipinski definition) is 1. The van der Waals surface area contributed by atoms with Crippen LogP contribution in [0.4, 0.5) is 17.3 Å². The molecule has 0 amide bonds. The van der Waals surface area contributed by atoms with Crippen molar-refractivity contribution in [1.82, 2.24) is 15.0 Å². The van der Waals surface area contributed by atoms with E-state index in [4.69, 9.17) is 14.2 Å². The van der Waals surface area contributed by atoms with Crippen molar-refractivity contribution in [2.75, 3.05) is 43.6 Å². The van der Waals surface area contributed by atoms with Crippen molar-refractivity contribution in [3.8, 4) is 23.1 Å². The molecule has 2 aliphatic heterocycles. The summed E-state index contributed by atoms with van der Waals surface area (Å²) in [7, 11) is 1.73. The second kappa shape index (κ2) is 10.0. The van der Waals surface area contributed by atoms with E-state index in [1.54, 1.807) is 25.6 Å². The van der Waals surface area contributed by atoms with Gasteiger partial charge in [-0.3, -0.25) is 4.98 Å². The minimum absolute atomic E-state index is 0.0718. The first-order chi connectivity index (χ1) is 16.7. The van der Waals surface area contributed by atoms with Gasteiger partial charge in [-0.15, -0.1) is 0 Å². The van der Waals surface area contributed by atoms with Gasteiger partial charge in [0, 0.05) is 44.8 Å². The number of pyridine rings is 1. The van der Waals surface area contributed by atoms with Gasteiger partial charge in [-0.25, -0.2) is 9.97 Å². The Morgan fingerprint density at radius 3 is 2.76 bits per heavy atom. The number of nitrogens with one attached hydrogen (secondary N) is 1. The predicted molar refractivity (Wildman–Crippen MR) is 127 cm³/mol. The molecule has 4 heterocycles. The van der Waals surface area contributed by atoms with Gasteiger partial charge in [0.1, 0.15) is 17.9 Å². The molecule has 0 aliphatic carbocycles. The van der Waals surface area contributed by atoms with Crippen molar-refractivity contribution in [3.63, 3.8) is 0 Å². The molecular formula is C25H26N6O3. The molecule has 2 saturated heterocycles. The van der Waals surface area contributed by atoms with E-state index < -0.39 is 0 Å². The zero-order valence-electron chi connectivity index (χ0n) is 19.0. The second-order valence-electron chi connectivity index (χ2n) is 8.34. The van der Waals surface area contributed by atoms with Gasteiger partial charge in [0.15, 0.2) is 0 Å². The molecule has 3 aromatic rings. The summed E-state index contributed by atoms with van der Waals surface area (Å²) >= 11 is 0. The predicted octanol–water partition coefficient (Wildman–Crippen LogP) is 3.55. The zero-order valence-corrected chi connectivity index (χ0v) is 19.0. The summed E-state index contributed by atoms with van der Waals surface area (Å²) in [6, 6.07) is 11.6. The van der Waals surface area contributed by atoms with E-state index in [0.717, 1.165) is 42.9 Å². The lowest BCUT2D eigenvalue weighted by Crippen LogP contribution is -2.51. The lowest BCUT2D eigenvalue weighted by atomic mass is 10.1. The summed E-state index contributed by atoms with van der Waals surface area (Å²) in [5.41, 5.74) is 3.83.